The van der Waals surface area contributed by atoms with Crippen LogP contribution in [0.25, 0.3) is 0 Å². The van der Waals surface area contributed by atoms with E-state index in [1.54, 1.807) is 18.3 Å². The summed E-state index contributed by atoms with van der Waals surface area (Å²) >= 11 is 3.42. The van der Waals surface area contributed by atoms with Crippen molar-refractivity contribution in [3.8, 4) is 5.88 Å². The van der Waals surface area contributed by atoms with Crippen LogP contribution >= 0.6 is 15.9 Å². The number of hydrogen-bond acceptors (Lipinski definition) is 3. The number of anilines is 1. The fourth-order valence-corrected chi connectivity index (χ4v) is 2.28. The van der Waals surface area contributed by atoms with Crippen molar-refractivity contribution in [2.24, 2.45) is 0 Å². The Morgan fingerprint density at radius 3 is 2.95 bits per heavy atom. The maximum atomic E-state index is 12.3. The molecule has 2 rings (SSSR count). The van der Waals surface area contributed by atoms with Gasteiger partial charge in [0.2, 0.25) is 5.88 Å². The molecule has 5 heteroatoms. The Bertz CT molecular complexity index is 617. The van der Waals surface area contributed by atoms with E-state index in [0.717, 1.165) is 23.9 Å². The van der Waals surface area contributed by atoms with E-state index < -0.39 is 0 Å². The fraction of sp³-hybridized carbons (Fsp3) is 0.250. The number of amides is 1. The van der Waals surface area contributed by atoms with Crippen LogP contribution in [0.5, 0.6) is 5.88 Å². The number of pyridine rings is 1. The second-order valence-electron chi connectivity index (χ2n) is 4.51. The Balaban J connectivity index is 2.12. The van der Waals surface area contributed by atoms with E-state index in [0.29, 0.717) is 11.4 Å². The number of carbonyl (C=O) groups excluding carboxylic acids is 1. The molecule has 110 valence electrons. The molecule has 0 saturated heterocycles. The molecule has 0 bridgehead atoms. The highest BCUT2D eigenvalue weighted by molar-refractivity contribution is 9.09. The smallest absolute Gasteiger partial charge is 0.261 e. The molecule has 0 aliphatic rings. The van der Waals surface area contributed by atoms with Crippen LogP contribution in [-0.2, 0) is 6.42 Å². The first-order valence-corrected chi connectivity index (χ1v) is 7.82. The lowest BCUT2D eigenvalue weighted by molar-refractivity contribution is 0.102. The van der Waals surface area contributed by atoms with Gasteiger partial charge in [-0.1, -0.05) is 28.1 Å². The van der Waals surface area contributed by atoms with Crippen LogP contribution < -0.4 is 10.1 Å². The highest BCUT2D eigenvalue weighted by Crippen LogP contribution is 2.18. The third-order valence-electron chi connectivity index (χ3n) is 2.99. The molecule has 4 nitrogen and oxygen atoms in total. The Morgan fingerprint density at radius 2 is 2.19 bits per heavy atom. The summed E-state index contributed by atoms with van der Waals surface area (Å²) in [6.45, 7) is 0. The van der Waals surface area contributed by atoms with E-state index >= 15 is 0 Å². The first-order valence-electron chi connectivity index (χ1n) is 6.70. The second-order valence-corrected chi connectivity index (χ2v) is 5.30. The molecule has 0 radical (unpaired) electrons. The minimum absolute atomic E-state index is 0.224. The van der Waals surface area contributed by atoms with Gasteiger partial charge < -0.3 is 10.1 Å². The highest BCUT2D eigenvalue weighted by atomic mass is 79.9. The molecule has 0 aliphatic heterocycles. The predicted molar refractivity (Wildman–Crippen MR) is 87.3 cm³/mol. The molecule has 1 N–H and O–H groups in total. The topological polar surface area (TPSA) is 51.2 Å². The van der Waals surface area contributed by atoms with Crippen molar-refractivity contribution in [1.29, 1.82) is 0 Å². The maximum absolute atomic E-state index is 12.3. The molecular weight excluding hydrogens is 332 g/mol. The zero-order valence-electron chi connectivity index (χ0n) is 11.8. The standard InChI is InChI=1S/C16H17BrN2O2/c1-21-16-14(8-4-10-18-16)15(20)19-13-7-2-5-12(11-13)6-3-9-17/h2,4-5,7-8,10-11H,3,6,9H2,1H3,(H,19,20). The van der Waals surface area contributed by atoms with Gasteiger partial charge >= 0.3 is 0 Å². The first-order chi connectivity index (χ1) is 10.2. The van der Waals surface area contributed by atoms with E-state index in [-0.39, 0.29) is 5.91 Å². The summed E-state index contributed by atoms with van der Waals surface area (Å²) in [5.74, 6) is 0.100. The molecule has 1 aromatic heterocycles. The minimum atomic E-state index is -0.224. The molecule has 1 amide bonds. The Morgan fingerprint density at radius 1 is 1.33 bits per heavy atom. The third kappa shape index (κ3) is 4.29. The van der Waals surface area contributed by atoms with Crippen molar-refractivity contribution >= 4 is 27.5 Å². The van der Waals surface area contributed by atoms with E-state index in [1.165, 1.54) is 12.7 Å². The van der Waals surface area contributed by atoms with Crippen molar-refractivity contribution in [2.75, 3.05) is 17.8 Å². The zero-order valence-corrected chi connectivity index (χ0v) is 13.4. The second kappa shape index (κ2) is 7.78. The molecule has 21 heavy (non-hydrogen) atoms. The predicted octanol–water partition coefficient (Wildman–Crippen LogP) is 3.67. The molecule has 0 spiro atoms. The molecule has 0 atom stereocenters. The number of hydrogen-bond donors (Lipinski definition) is 1. The van der Waals surface area contributed by atoms with Crippen molar-refractivity contribution < 1.29 is 9.53 Å². The SMILES string of the molecule is COc1ncccc1C(=O)Nc1cccc(CCCBr)c1. The van der Waals surface area contributed by atoms with E-state index in [4.69, 9.17) is 4.74 Å². The molecule has 0 unspecified atom stereocenters. The van der Waals surface area contributed by atoms with Gasteiger partial charge in [0.15, 0.2) is 0 Å². The van der Waals surface area contributed by atoms with E-state index in [1.807, 2.05) is 18.2 Å². The highest BCUT2D eigenvalue weighted by Gasteiger charge is 2.12. The van der Waals surface area contributed by atoms with Gasteiger partial charge in [0.05, 0.1) is 7.11 Å². The molecule has 0 fully saturated rings. The van der Waals surface area contributed by atoms with Crippen molar-refractivity contribution in [3.05, 3.63) is 53.7 Å². The van der Waals surface area contributed by atoms with Crippen molar-refractivity contribution in [3.63, 3.8) is 0 Å². The van der Waals surface area contributed by atoms with Gasteiger partial charge in [-0.15, -0.1) is 0 Å². The van der Waals surface area contributed by atoms with Crippen LogP contribution in [0.1, 0.15) is 22.3 Å². The number of nitrogens with zero attached hydrogens (tertiary/aromatic N) is 1. The minimum Gasteiger partial charge on any atom is -0.480 e. The van der Waals surface area contributed by atoms with Crippen molar-refractivity contribution in [1.82, 2.24) is 4.98 Å². The summed E-state index contributed by atoms with van der Waals surface area (Å²) in [6.07, 6.45) is 3.63. The van der Waals surface area contributed by atoms with Gasteiger partial charge in [-0.05, 0) is 42.7 Å². The average Bonchev–Trinajstić information content (AvgIpc) is 2.53. The molecule has 1 aromatic carbocycles. The average molecular weight is 349 g/mol. The number of alkyl halides is 1. The van der Waals surface area contributed by atoms with Gasteiger partial charge in [0.1, 0.15) is 5.56 Å². The Hall–Kier alpha value is -1.88. The summed E-state index contributed by atoms with van der Waals surface area (Å²) < 4.78 is 5.10. The van der Waals surface area contributed by atoms with Gasteiger partial charge in [-0.2, -0.15) is 0 Å². The fourth-order valence-electron chi connectivity index (χ4n) is 2.00. The number of carbonyl (C=O) groups is 1. The number of ether oxygens (including phenoxy) is 1. The molecular formula is C16H17BrN2O2. The summed E-state index contributed by atoms with van der Waals surface area (Å²) in [7, 11) is 1.50. The summed E-state index contributed by atoms with van der Waals surface area (Å²) in [4.78, 5) is 16.3. The van der Waals surface area contributed by atoms with Gasteiger partial charge in [-0.3, -0.25) is 4.79 Å². The summed E-state index contributed by atoms with van der Waals surface area (Å²) in [5.41, 5.74) is 2.40. The summed E-state index contributed by atoms with van der Waals surface area (Å²) in [5, 5.41) is 3.85. The molecule has 2 aromatic rings. The normalized spacial score (nSPS) is 10.2. The van der Waals surface area contributed by atoms with Gasteiger partial charge in [-0.25, -0.2) is 4.98 Å². The summed E-state index contributed by atoms with van der Waals surface area (Å²) in [6, 6.07) is 11.3. The van der Waals surface area contributed by atoms with Crippen LogP contribution in [0.15, 0.2) is 42.6 Å². The largest absolute Gasteiger partial charge is 0.480 e. The molecule has 1 heterocycles. The van der Waals surface area contributed by atoms with Crippen LogP contribution in [0.4, 0.5) is 5.69 Å². The van der Waals surface area contributed by atoms with Crippen LogP contribution in [0, 0.1) is 0 Å². The molecule has 0 aliphatic carbocycles. The van der Waals surface area contributed by atoms with Crippen LogP contribution in [0.2, 0.25) is 0 Å². The molecule has 0 saturated carbocycles. The van der Waals surface area contributed by atoms with Crippen molar-refractivity contribution in [2.45, 2.75) is 12.8 Å². The third-order valence-corrected chi connectivity index (χ3v) is 3.55. The van der Waals surface area contributed by atoms with E-state index in [9.17, 15) is 4.79 Å². The quantitative estimate of drug-likeness (QED) is 0.810. The first kappa shape index (κ1) is 15.5. The lowest BCUT2D eigenvalue weighted by atomic mass is 10.1. The number of nitrogens with one attached hydrogen (secondary N) is 1. The lowest BCUT2D eigenvalue weighted by Crippen LogP contribution is -2.13. The number of halogens is 1. The number of aromatic nitrogens is 1. The van der Waals surface area contributed by atoms with Gasteiger partial charge in [0.25, 0.3) is 5.91 Å². The van der Waals surface area contributed by atoms with Crippen LogP contribution in [0.3, 0.4) is 0 Å². The van der Waals surface area contributed by atoms with Gasteiger partial charge in [0, 0.05) is 17.2 Å². The van der Waals surface area contributed by atoms with E-state index in [2.05, 4.69) is 32.3 Å². The lowest BCUT2D eigenvalue weighted by Gasteiger charge is -2.09. The zero-order chi connectivity index (χ0) is 15.1. The number of aryl methyl sites for hydroxylation is 1. The maximum Gasteiger partial charge on any atom is 0.261 e. The number of benzene rings is 1. The van der Waals surface area contributed by atoms with Crippen LogP contribution in [-0.4, -0.2) is 23.3 Å². The number of rotatable bonds is 6. The monoisotopic (exact) mass is 348 g/mol. The Kier molecular flexibility index (Phi) is 5.75. The Labute approximate surface area is 132 Å². The number of methoxy groups -OCH3 is 1.